The van der Waals surface area contributed by atoms with E-state index in [1.165, 1.54) is 4.90 Å². The van der Waals surface area contributed by atoms with Crippen molar-refractivity contribution < 1.29 is 9.53 Å². The molecule has 0 aliphatic carbocycles. The van der Waals surface area contributed by atoms with E-state index in [0.717, 1.165) is 33.3 Å². The van der Waals surface area contributed by atoms with Crippen molar-refractivity contribution in [3.8, 4) is 0 Å². The van der Waals surface area contributed by atoms with Crippen LogP contribution in [0, 0.1) is 0 Å². The van der Waals surface area contributed by atoms with Gasteiger partial charge in [-0.2, -0.15) is 0 Å². The van der Waals surface area contributed by atoms with Gasteiger partial charge in [-0.05, 0) is 24.6 Å². The molecule has 134 valence electrons. The quantitative estimate of drug-likeness (QED) is 0.716. The third-order valence-corrected chi connectivity index (χ3v) is 4.63. The number of nitrogens with zero attached hydrogens (tertiary/aromatic N) is 4. The Hall–Kier alpha value is -2.93. The van der Waals surface area contributed by atoms with E-state index in [4.69, 9.17) is 10.5 Å². The standard InChI is InChI=1S/C19H21N5O2/c1-11-9-26-10-15-22-17-18(24(11)15)13-6-4-12(5-7-16(25)23(2)3)8-14(13)21-19(17)20/h4-8,11H,9-10H2,1-3H3,(H2,20,21)/t11-/m0/s1. The molecule has 7 heteroatoms. The topological polar surface area (TPSA) is 86.3 Å². The zero-order valence-electron chi connectivity index (χ0n) is 15.1. The van der Waals surface area contributed by atoms with E-state index in [9.17, 15) is 4.79 Å². The Balaban J connectivity index is 1.89. The largest absolute Gasteiger partial charge is 0.382 e. The molecule has 2 N–H and O–H groups in total. The maximum Gasteiger partial charge on any atom is 0.246 e. The van der Waals surface area contributed by atoms with Crippen LogP contribution < -0.4 is 5.73 Å². The van der Waals surface area contributed by atoms with E-state index in [1.807, 2.05) is 18.2 Å². The van der Waals surface area contributed by atoms with Gasteiger partial charge in [-0.3, -0.25) is 4.79 Å². The fourth-order valence-corrected chi connectivity index (χ4v) is 3.33. The fraction of sp³-hybridized carbons (Fsp3) is 0.316. The molecule has 1 aliphatic rings. The smallest absolute Gasteiger partial charge is 0.246 e. The van der Waals surface area contributed by atoms with Crippen LogP contribution in [0.15, 0.2) is 24.3 Å². The summed E-state index contributed by atoms with van der Waals surface area (Å²) in [6.07, 6.45) is 3.33. The summed E-state index contributed by atoms with van der Waals surface area (Å²) in [6, 6.07) is 6.12. The second kappa shape index (κ2) is 6.10. The Kier molecular flexibility index (Phi) is 3.88. The SMILES string of the molecule is C[C@H]1COCc2nc3c(N)nc4cc(C=CC(=O)N(C)C)ccc4c3n21. The van der Waals surface area contributed by atoms with Crippen LogP contribution in [0.25, 0.3) is 28.0 Å². The van der Waals surface area contributed by atoms with Crippen molar-refractivity contribution in [2.24, 2.45) is 0 Å². The summed E-state index contributed by atoms with van der Waals surface area (Å²) in [5, 5.41) is 0.998. The number of pyridine rings is 1. The van der Waals surface area contributed by atoms with Crippen LogP contribution >= 0.6 is 0 Å². The lowest BCUT2D eigenvalue weighted by molar-refractivity contribution is -0.123. The van der Waals surface area contributed by atoms with E-state index in [1.54, 1.807) is 26.2 Å². The predicted octanol–water partition coefficient (Wildman–Crippen LogP) is 2.36. The molecule has 26 heavy (non-hydrogen) atoms. The number of nitrogen functional groups attached to an aromatic ring is 1. The third kappa shape index (κ3) is 2.61. The van der Waals surface area contributed by atoms with E-state index in [0.29, 0.717) is 19.0 Å². The summed E-state index contributed by atoms with van der Waals surface area (Å²) in [7, 11) is 3.44. The molecule has 0 saturated carbocycles. The number of carbonyl (C=O) groups excluding carboxylic acids is 1. The lowest BCUT2D eigenvalue weighted by Crippen LogP contribution is -2.21. The number of hydrogen-bond acceptors (Lipinski definition) is 5. The van der Waals surface area contributed by atoms with Crippen LogP contribution in [0.1, 0.15) is 24.4 Å². The molecule has 1 atom stereocenters. The van der Waals surface area contributed by atoms with Gasteiger partial charge in [0.25, 0.3) is 0 Å². The van der Waals surface area contributed by atoms with Crippen molar-refractivity contribution in [1.82, 2.24) is 19.4 Å². The van der Waals surface area contributed by atoms with Crippen molar-refractivity contribution in [3.63, 3.8) is 0 Å². The third-order valence-electron chi connectivity index (χ3n) is 4.63. The Morgan fingerprint density at radius 3 is 2.96 bits per heavy atom. The normalized spacial score (nSPS) is 17.1. The van der Waals surface area contributed by atoms with Gasteiger partial charge in [0, 0.05) is 25.6 Å². The highest BCUT2D eigenvalue weighted by Crippen LogP contribution is 2.33. The molecule has 0 saturated heterocycles. The summed E-state index contributed by atoms with van der Waals surface area (Å²) in [6.45, 7) is 3.24. The highest BCUT2D eigenvalue weighted by Gasteiger charge is 2.24. The fourth-order valence-electron chi connectivity index (χ4n) is 3.33. The molecule has 3 heterocycles. The van der Waals surface area contributed by atoms with Crippen LogP contribution in [-0.4, -0.2) is 46.0 Å². The molecule has 1 amide bonds. The van der Waals surface area contributed by atoms with Gasteiger partial charge in [0.2, 0.25) is 5.91 Å². The summed E-state index contributed by atoms with van der Waals surface area (Å²) < 4.78 is 7.79. The van der Waals surface area contributed by atoms with E-state index in [2.05, 4.69) is 21.5 Å². The minimum atomic E-state index is -0.0632. The van der Waals surface area contributed by atoms with Crippen LogP contribution in [-0.2, 0) is 16.1 Å². The van der Waals surface area contributed by atoms with Gasteiger partial charge in [0.1, 0.15) is 17.9 Å². The van der Waals surface area contributed by atoms with Crippen molar-refractivity contribution in [1.29, 1.82) is 0 Å². The number of ether oxygens (including phenoxy) is 1. The zero-order chi connectivity index (χ0) is 18.4. The average Bonchev–Trinajstić information content (AvgIpc) is 3.01. The highest BCUT2D eigenvalue weighted by molar-refractivity contribution is 6.07. The Labute approximate surface area is 151 Å². The van der Waals surface area contributed by atoms with Gasteiger partial charge >= 0.3 is 0 Å². The molecule has 1 aliphatic heterocycles. The monoisotopic (exact) mass is 351 g/mol. The van der Waals surface area contributed by atoms with Gasteiger partial charge in [-0.15, -0.1) is 0 Å². The Morgan fingerprint density at radius 2 is 2.19 bits per heavy atom. The molecule has 0 spiro atoms. The molecule has 1 aromatic carbocycles. The molecule has 0 fully saturated rings. The molecule has 0 radical (unpaired) electrons. The van der Waals surface area contributed by atoms with Crippen molar-refractivity contribution >= 4 is 39.7 Å². The number of nitrogens with two attached hydrogens (primary N) is 1. The number of likely N-dealkylation sites (N-methyl/N-ethyl adjacent to an activating group) is 1. The molecule has 3 aromatic rings. The molecule has 0 unspecified atom stereocenters. The minimum Gasteiger partial charge on any atom is -0.382 e. The second-order valence-electron chi connectivity index (χ2n) is 6.80. The van der Waals surface area contributed by atoms with Gasteiger partial charge < -0.3 is 19.9 Å². The van der Waals surface area contributed by atoms with Crippen molar-refractivity contribution in [3.05, 3.63) is 35.7 Å². The molecule has 0 bridgehead atoms. The van der Waals surface area contributed by atoms with E-state index in [-0.39, 0.29) is 11.9 Å². The minimum absolute atomic E-state index is 0.0632. The van der Waals surface area contributed by atoms with Crippen molar-refractivity contribution in [2.75, 3.05) is 26.4 Å². The summed E-state index contributed by atoms with van der Waals surface area (Å²) in [5.41, 5.74) is 9.59. The number of amides is 1. The summed E-state index contributed by atoms with van der Waals surface area (Å²) >= 11 is 0. The molecular formula is C19H21N5O2. The number of hydrogen-bond donors (Lipinski definition) is 1. The van der Waals surface area contributed by atoms with Crippen LogP contribution in [0.2, 0.25) is 0 Å². The molecule has 4 rings (SSSR count). The lowest BCUT2D eigenvalue weighted by atomic mass is 10.1. The average molecular weight is 351 g/mol. The van der Waals surface area contributed by atoms with Crippen LogP contribution in [0.5, 0.6) is 0 Å². The first-order valence-corrected chi connectivity index (χ1v) is 8.53. The number of carbonyl (C=O) groups is 1. The number of anilines is 1. The Bertz CT molecular complexity index is 1050. The van der Waals surface area contributed by atoms with Gasteiger partial charge in [0.05, 0.1) is 23.7 Å². The molecule has 7 nitrogen and oxygen atoms in total. The van der Waals surface area contributed by atoms with E-state index < -0.39 is 0 Å². The first kappa shape index (κ1) is 16.5. The van der Waals surface area contributed by atoms with Gasteiger partial charge in [-0.1, -0.05) is 12.1 Å². The lowest BCUT2D eigenvalue weighted by Gasteiger charge is -2.23. The summed E-state index contributed by atoms with van der Waals surface area (Å²) in [5.74, 6) is 1.22. The summed E-state index contributed by atoms with van der Waals surface area (Å²) in [4.78, 5) is 22.4. The maximum atomic E-state index is 11.8. The Morgan fingerprint density at radius 1 is 1.38 bits per heavy atom. The van der Waals surface area contributed by atoms with Crippen molar-refractivity contribution in [2.45, 2.75) is 19.6 Å². The number of imidazole rings is 1. The van der Waals surface area contributed by atoms with Gasteiger partial charge in [-0.25, -0.2) is 9.97 Å². The second-order valence-corrected chi connectivity index (χ2v) is 6.80. The molecule has 2 aromatic heterocycles. The number of fused-ring (bicyclic) bond motifs is 5. The predicted molar refractivity (Wildman–Crippen MR) is 102 cm³/mol. The maximum absolute atomic E-state index is 11.8. The van der Waals surface area contributed by atoms with Crippen LogP contribution in [0.4, 0.5) is 5.82 Å². The number of aromatic nitrogens is 3. The van der Waals surface area contributed by atoms with Gasteiger partial charge in [0.15, 0.2) is 5.82 Å². The first-order valence-electron chi connectivity index (χ1n) is 8.53. The first-order chi connectivity index (χ1) is 12.5. The number of rotatable bonds is 2. The van der Waals surface area contributed by atoms with E-state index >= 15 is 0 Å². The van der Waals surface area contributed by atoms with Crippen LogP contribution in [0.3, 0.4) is 0 Å². The zero-order valence-corrected chi connectivity index (χ0v) is 15.1. The highest BCUT2D eigenvalue weighted by atomic mass is 16.5. The molecular weight excluding hydrogens is 330 g/mol. The number of benzene rings is 1.